The molecule has 1 N–H and O–H groups in total. The molecule has 1 amide bonds. The number of aryl methyl sites for hydroxylation is 1. The monoisotopic (exact) mass is 329 g/mol. The second-order valence-corrected chi connectivity index (χ2v) is 5.71. The van der Waals surface area contributed by atoms with Gasteiger partial charge in [0, 0.05) is 19.4 Å². The third kappa shape index (κ3) is 3.50. The van der Waals surface area contributed by atoms with Crippen molar-refractivity contribution in [2.24, 2.45) is 0 Å². The lowest BCUT2D eigenvalue weighted by Gasteiger charge is -2.17. The summed E-state index contributed by atoms with van der Waals surface area (Å²) in [5.41, 5.74) is -1.46. The van der Waals surface area contributed by atoms with Crippen LogP contribution in [0, 0.1) is 0 Å². The van der Waals surface area contributed by atoms with Gasteiger partial charge in [-0.1, -0.05) is 17.7 Å². The zero-order valence-corrected chi connectivity index (χ0v) is 12.9. The number of amides is 1. The number of likely N-dealkylation sites (tertiary alicyclic amines) is 1. The van der Waals surface area contributed by atoms with Crippen molar-refractivity contribution in [3.8, 4) is 5.75 Å². The van der Waals surface area contributed by atoms with Gasteiger partial charge in [-0.05, 0) is 24.1 Å². The number of nitrogens with zero attached hydrogens (tertiary/aromatic N) is 1. The fourth-order valence-corrected chi connectivity index (χ4v) is 2.72. The summed E-state index contributed by atoms with van der Waals surface area (Å²) >= 11 is 6.01. The summed E-state index contributed by atoms with van der Waals surface area (Å²) in [5, 5.41) is 9.28. The highest BCUT2D eigenvalue weighted by atomic mass is 35.5. The van der Waals surface area contributed by atoms with Crippen LogP contribution in [0.1, 0.15) is 18.4 Å². The molecule has 0 radical (unpaired) electrons. The van der Waals surface area contributed by atoms with Gasteiger partial charge in [0.15, 0.2) is 0 Å². The van der Waals surface area contributed by atoms with Crippen LogP contribution in [-0.4, -0.2) is 47.8 Å². The van der Waals surface area contributed by atoms with Gasteiger partial charge >= 0.3 is 5.97 Å². The normalized spacial score (nSPS) is 21.0. The van der Waals surface area contributed by atoms with Gasteiger partial charge in [0.05, 0.1) is 18.7 Å². The predicted octanol–water partition coefficient (Wildman–Crippen LogP) is 2.31. The minimum absolute atomic E-state index is 0.130. The van der Waals surface area contributed by atoms with Crippen LogP contribution >= 0.6 is 11.6 Å². The van der Waals surface area contributed by atoms with Crippen LogP contribution in [0.2, 0.25) is 5.02 Å². The smallest absolute Gasteiger partial charge is 0.343 e. The van der Waals surface area contributed by atoms with E-state index in [1.165, 1.54) is 12.0 Å². The van der Waals surface area contributed by atoms with Crippen LogP contribution < -0.4 is 4.74 Å². The Kier molecular flexibility index (Phi) is 4.90. The van der Waals surface area contributed by atoms with Crippen molar-refractivity contribution < 1.29 is 23.8 Å². The average Bonchev–Trinajstić information content (AvgIpc) is 2.89. The summed E-state index contributed by atoms with van der Waals surface area (Å²) in [4.78, 5) is 24.1. The number of hydrogen-bond acceptors (Lipinski definition) is 3. The number of carbonyl (C=O) groups excluding carboxylic acids is 1. The molecule has 1 aliphatic heterocycles. The molecule has 1 fully saturated rings. The first-order valence-corrected chi connectivity index (χ1v) is 7.26. The number of hydrogen-bond donors (Lipinski definition) is 1. The van der Waals surface area contributed by atoms with E-state index in [9.17, 15) is 14.0 Å². The fourth-order valence-electron chi connectivity index (χ4n) is 2.44. The van der Waals surface area contributed by atoms with Gasteiger partial charge < -0.3 is 14.7 Å². The van der Waals surface area contributed by atoms with Crippen molar-refractivity contribution in [2.45, 2.75) is 24.9 Å². The molecule has 1 aromatic carbocycles. The first kappa shape index (κ1) is 16.5. The SMILES string of the molecule is COc1ccc(CCC(=O)N2CCC(F)(C(=O)O)C2)cc1Cl. The van der Waals surface area contributed by atoms with Gasteiger partial charge in [-0.25, -0.2) is 9.18 Å². The van der Waals surface area contributed by atoms with E-state index in [1.807, 2.05) is 0 Å². The Labute approximate surface area is 132 Å². The number of methoxy groups -OCH3 is 1. The standard InChI is InChI=1S/C15H17ClFNO4/c1-22-12-4-2-10(8-11(12)16)3-5-13(19)18-7-6-15(17,9-18)14(20)21/h2,4,8H,3,5-7,9H2,1H3,(H,20,21). The summed E-state index contributed by atoms with van der Waals surface area (Å²) in [6.07, 6.45) is 0.464. The van der Waals surface area contributed by atoms with Gasteiger partial charge in [-0.2, -0.15) is 0 Å². The number of halogens is 2. The maximum atomic E-state index is 13.9. The van der Waals surface area contributed by atoms with Crippen LogP contribution in [0.3, 0.4) is 0 Å². The average molecular weight is 330 g/mol. The molecule has 0 aromatic heterocycles. The van der Waals surface area contributed by atoms with Gasteiger partial charge in [0.25, 0.3) is 0 Å². The van der Waals surface area contributed by atoms with E-state index in [0.29, 0.717) is 17.2 Å². The highest BCUT2D eigenvalue weighted by molar-refractivity contribution is 6.32. The number of benzene rings is 1. The van der Waals surface area contributed by atoms with E-state index in [1.54, 1.807) is 18.2 Å². The van der Waals surface area contributed by atoms with Crippen molar-refractivity contribution in [1.29, 1.82) is 0 Å². The molecule has 1 heterocycles. The maximum absolute atomic E-state index is 13.9. The molecule has 0 aliphatic carbocycles. The van der Waals surface area contributed by atoms with Crippen LogP contribution in [0.15, 0.2) is 18.2 Å². The van der Waals surface area contributed by atoms with Crippen LogP contribution in [0.25, 0.3) is 0 Å². The molecule has 120 valence electrons. The molecular formula is C15H17ClFNO4. The number of carboxylic acid groups (broad SMARTS) is 1. The van der Waals surface area contributed by atoms with Crippen molar-refractivity contribution in [3.63, 3.8) is 0 Å². The van der Waals surface area contributed by atoms with E-state index in [0.717, 1.165) is 5.56 Å². The number of carboxylic acids is 1. The second-order valence-electron chi connectivity index (χ2n) is 5.30. The topological polar surface area (TPSA) is 66.8 Å². The van der Waals surface area contributed by atoms with Crippen LogP contribution in [0.4, 0.5) is 4.39 Å². The fraction of sp³-hybridized carbons (Fsp3) is 0.467. The molecule has 1 aromatic rings. The Hall–Kier alpha value is -1.82. The molecule has 1 saturated heterocycles. The Morgan fingerprint density at radius 1 is 1.50 bits per heavy atom. The van der Waals surface area contributed by atoms with Gasteiger partial charge in [0.2, 0.25) is 11.6 Å². The molecule has 7 heteroatoms. The molecule has 0 spiro atoms. The molecule has 1 atom stereocenters. The van der Waals surface area contributed by atoms with Crippen LogP contribution in [-0.2, 0) is 16.0 Å². The van der Waals surface area contributed by atoms with E-state index < -0.39 is 11.6 Å². The van der Waals surface area contributed by atoms with Crippen molar-refractivity contribution in [1.82, 2.24) is 4.90 Å². The Morgan fingerprint density at radius 2 is 2.23 bits per heavy atom. The maximum Gasteiger partial charge on any atom is 0.343 e. The van der Waals surface area contributed by atoms with Gasteiger partial charge in [0.1, 0.15) is 5.75 Å². The molecule has 1 unspecified atom stereocenters. The number of alkyl halides is 1. The summed E-state index contributed by atoms with van der Waals surface area (Å²) in [6.45, 7) is -0.254. The lowest BCUT2D eigenvalue weighted by Crippen LogP contribution is -2.38. The minimum atomic E-state index is -2.32. The largest absolute Gasteiger partial charge is 0.495 e. The number of aliphatic carboxylic acids is 1. The van der Waals surface area contributed by atoms with E-state index in [4.69, 9.17) is 21.4 Å². The molecule has 0 saturated carbocycles. The molecule has 1 aliphatic rings. The summed E-state index contributed by atoms with van der Waals surface area (Å²) < 4.78 is 19.0. The molecule has 0 bridgehead atoms. The Balaban J connectivity index is 1.91. The van der Waals surface area contributed by atoms with Crippen molar-refractivity contribution >= 4 is 23.5 Å². The molecule has 22 heavy (non-hydrogen) atoms. The number of rotatable bonds is 5. The lowest BCUT2D eigenvalue weighted by atomic mass is 10.1. The first-order chi connectivity index (χ1) is 10.4. The quantitative estimate of drug-likeness (QED) is 0.900. The highest BCUT2D eigenvalue weighted by Gasteiger charge is 2.46. The van der Waals surface area contributed by atoms with E-state index in [2.05, 4.69) is 0 Å². The van der Waals surface area contributed by atoms with Gasteiger partial charge in [-0.15, -0.1) is 0 Å². The van der Waals surface area contributed by atoms with E-state index >= 15 is 0 Å². The molecule has 2 rings (SSSR count). The molecular weight excluding hydrogens is 313 g/mol. The highest BCUT2D eigenvalue weighted by Crippen LogP contribution is 2.28. The van der Waals surface area contributed by atoms with Crippen LogP contribution in [0.5, 0.6) is 5.75 Å². The van der Waals surface area contributed by atoms with E-state index in [-0.39, 0.29) is 31.8 Å². The first-order valence-electron chi connectivity index (χ1n) is 6.88. The van der Waals surface area contributed by atoms with Crippen molar-refractivity contribution in [3.05, 3.63) is 28.8 Å². The zero-order valence-electron chi connectivity index (χ0n) is 12.1. The number of carbonyl (C=O) groups is 2. The second kappa shape index (κ2) is 6.52. The Bertz CT molecular complexity index is 595. The lowest BCUT2D eigenvalue weighted by molar-refractivity contribution is -0.150. The third-order valence-electron chi connectivity index (χ3n) is 3.80. The Morgan fingerprint density at radius 3 is 2.77 bits per heavy atom. The minimum Gasteiger partial charge on any atom is -0.495 e. The summed E-state index contributed by atoms with van der Waals surface area (Å²) in [5.74, 6) is -1.21. The van der Waals surface area contributed by atoms with Crippen molar-refractivity contribution in [2.75, 3.05) is 20.2 Å². The molecule has 5 nitrogen and oxygen atoms in total. The number of ether oxygens (including phenoxy) is 1. The summed E-state index contributed by atoms with van der Waals surface area (Å²) in [6, 6.07) is 5.24. The van der Waals surface area contributed by atoms with Gasteiger partial charge in [-0.3, -0.25) is 4.79 Å². The summed E-state index contributed by atoms with van der Waals surface area (Å²) in [7, 11) is 1.52. The zero-order chi connectivity index (χ0) is 16.3. The third-order valence-corrected chi connectivity index (χ3v) is 4.09. The predicted molar refractivity (Wildman–Crippen MR) is 79.0 cm³/mol.